The van der Waals surface area contributed by atoms with E-state index in [0.717, 1.165) is 12.8 Å². The van der Waals surface area contributed by atoms with Crippen LogP contribution >= 0.6 is 0 Å². The summed E-state index contributed by atoms with van der Waals surface area (Å²) in [5, 5.41) is 0. The molecule has 0 aromatic carbocycles. The normalized spacial score (nSPS) is 13.5. The Bertz CT molecular complexity index is 301. The van der Waals surface area contributed by atoms with E-state index < -0.39 is 12.0 Å². The molecule has 0 N–H and O–H groups in total. The molecule has 0 saturated carbocycles. The number of esters is 2. The highest BCUT2D eigenvalue weighted by molar-refractivity contribution is 5.74. The number of carbonyl (C=O) groups is 2. The van der Waals surface area contributed by atoms with Gasteiger partial charge in [0, 0.05) is 6.42 Å². The summed E-state index contributed by atoms with van der Waals surface area (Å²) in [5.74, 6) is -0.980. The highest BCUT2D eigenvalue weighted by Crippen LogP contribution is 2.13. The number of hydrogen-bond donors (Lipinski definition) is 0. The van der Waals surface area contributed by atoms with Gasteiger partial charge in [0.2, 0.25) is 0 Å². The van der Waals surface area contributed by atoms with Crippen LogP contribution in [0.15, 0.2) is 0 Å². The summed E-state index contributed by atoms with van der Waals surface area (Å²) in [5.41, 5.74) is 0. The highest BCUT2D eigenvalue weighted by atomic mass is 16.6. The van der Waals surface area contributed by atoms with Gasteiger partial charge in [-0.3, -0.25) is 9.59 Å². The maximum Gasteiger partial charge on any atom is 0.312 e. The number of rotatable bonds is 13. The van der Waals surface area contributed by atoms with E-state index in [4.69, 9.17) is 4.74 Å². The monoisotopic (exact) mass is 314 g/mol. The Labute approximate surface area is 135 Å². The molecule has 0 aliphatic heterocycles. The zero-order chi connectivity index (χ0) is 16.8. The van der Waals surface area contributed by atoms with Crippen LogP contribution in [0.4, 0.5) is 0 Å². The predicted molar refractivity (Wildman–Crippen MR) is 88.6 cm³/mol. The lowest BCUT2D eigenvalue weighted by molar-refractivity contribution is -0.158. The molecule has 4 nitrogen and oxygen atoms in total. The fourth-order valence-electron chi connectivity index (χ4n) is 2.33. The van der Waals surface area contributed by atoms with Crippen LogP contribution in [-0.4, -0.2) is 25.2 Å². The zero-order valence-corrected chi connectivity index (χ0v) is 14.9. The van der Waals surface area contributed by atoms with E-state index in [2.05, 4.69) is 11.7 Å². The summed E-state index contributed by atoms with van der Waals surface area (Å²) in [6.07, 6.45) is 11.0. The molecule has 0 fully saturated rings. The van der Waals surface area contributed by atoms with E-state index in [9.17, 15) is 9.59 Å². The molecule has 22 heavy (non-hydrogen) atoms. The average Bonchev–Trinajstić information content (AvgIpc) is 2.51. The van der Waals surface area contributed by atoms with Gasteiger partial charge in [-0.15, -0.1) is 0 Å². The molecule has 0 heterocycles. The fourth-order valence-corrected chi connectivity index (χ4v) is 2.33. The minimum Gasteiger partial charge on any atom is -0.469 e. The maximum atomic E-state index is 11.7. The molecule has 0 bridgehead atoms. The summed E-state index contributed by atoms with van der Waals surface area (Å²) in [7, 11) is 1.34. The van der Waals surface area contributed by atoms with Gasteiger partial charge in [0.25, 0.3) is 0 Å². The Balaban J connectivity index is 3.55. The number of methoxy groups -OCH3 is 1. The molecule has 0 rings (SSSR count). The fraction of sp³-hybridized carbons (Fsp3) is 0.889. The van der Waals surface area contributed by atoms with Crippen molar-refractivity contribution in [2.75, 3.05) is 7.11 Å². The van der Waals surface area contributed by atoms with Crippen LogP contribution in [0.1, 0.15) is 85.0 Å². The highest BCUT2D eigenvalue weighted by Gasteiger charge is 2.23. The molecule has 0 aliphatic rings. The molecule has 0 spiro atoms. The first-order valence-electron chi connectivity index (χ1n) is 8.80. The second-order valence-electron chi connectivity index (χ2n) is 6.09. The van der Waals surface area contributed by atoms with Crippen molar-refractivity contribution in [3.8, 4) is 0 Å². The summed E-state index contributed by atoms with van der Waals surface area (Å²) in [6.45, 7) is 5.67. The molecule has 4 heteroatoms. The Morgan fingerprint density at radius 2 is 1.36 bits per heavy atom. The Hall–Kier alpha value is -1.06. The molecule has 0 radical (unpaired) electrons. The van der Waals surface area contributed by atoms with E-state index in [1.165, 1.54) is 52.1 Å². The van der Waals surface area contributed by atoms with Gasteiger partial charge in [-0.1, -0.05) is 58.3 Å². The third kappa shape index (κ3) is 10.6. The van der Waals surface area contributed by atoms with Crippen LogP contribution in [0.5, 0.6) is 0 Å². The summed E-state index contributed by atoms with van der Waals surface area (Å²) < 4.78 is 9.91. The molecule has 0 amide bonds. The Kier molecular flexibility index (Phi) is 12.9. The first kappa shape index (κ1) is 20.9. The SMILES string of the molecule is CCCCCCCCCCCC(=O)O[C@H](C)[C@@H](C)C(=O)OC. The van der Waals surface area contributed by atoms with Gasteiger partial charge in [0.05, 0.1) is 13.0 Å². The van der Waals surface area contributed by atoms with Gasteiger partial charge in [-0.05, 0) is 20.3 Å². The van der Waals surface area contributed by atoms with Crippen LogP contribution in [0.25, 0.3) is 0 Å². The molecule has 2 atom stereocenters. The first-order valence-corrected chi connectivity index (χ1v) is 8.80. The number of unbranched alkanes of at least 4 members (excludes halogenated alkanes) is 8. The molecule has 0 saturated heterocycles. The number of ether oxygens (including phenoxy) is 2. The third-order valence-electron chi connectivity index (χ3n) is 4.08. The lowest BCUT2D eigenvalue weighted by Crippen LogP contribution is -2.28. The van der Waals surface area contributed by atoms with Crippen LogP contribution in [0.3, 0.4) is 0 Å². The topological polar surface area (TPSA) is 52.6 Å². The van der Waals surface area contributed by atoms with E-state index in [-0.39, 0.29) is 11.9 Å². The maximum absolute atomic E-state index is 11.7. The smallest absolute Gasteiger partial charge is 0.312 e. The second-order valence-corrected chi connectivity index (χ2v) is 6.09. The molecule has 0 aliphatic carbocycles. The van der Waals surface area contributed by atoms with Crippen LogP contribution < -0.4 is 0 Å². The van der Waals surface area contributed by atoms with Crippen molar-refractivity contribution < 1.29 is 19.1 Å². The average molecular weight is 314 g/mol. The summed E-state index contributed by atoms with van der Waals surface area (Å²) in [6, 6.07) is 0. The zero-order valence-electron chi connectivity index (χ0n) is 14.9. The lowest BCUT2D eigenvalue weighted by Gasteiger charge is -2.18. The largest absolute Gasteiger partial charge is 0.469 e. The minimum atomic E-state index is -0.432. The van der Waals surface area contributed by atoms with Crippen molar-refractivity contribution >= 4 is 11.9 Å². The predicted octanol–water partition coefficient (Wildman–Crippen LogP) is 4.65. The summed E-state index contributed by atoms with van der Waals surface area (Å²) >= 11 is 0. The van der Waals surface area contributed by atoms with E-state index in [1.807, 2.05) is 0 Å². The van der Waals surface area contributed by atoms with Crippen LogP contribution in [0, 0.1) is 5.92 Å². The minimum absolute atomic E-state index is 0.216. The van der Waals surface area contributed by atoms with Gasteiger partial charge < -0.3 is 9.47 Å². The van der Waals surface area contributed by atoms with Crippen LogP contribution in [-0.2, 0) is 19.1 Å². The van der Waals surface area contributed by atoms with E-state index in [0.29, 0.717) is 6.42 Å². The van der Waals surface area contributed by atoms with Gasteiger partial charge >= 0.3 is 11.9 Å². The first-order chi connectivity index (χ1) is 10.5. The molecular weight excluding hydrogens is 280 g/mol. The molecular formula is C18H34O4. The molecule has 130 valence electrons. The van der Waals surface area contributed by atoms with Gasteiger partial charge in [-0.25, -0.2) is 0 Å². The van der Waals surface area contributed by atoms with Crippen molar-refractivity contribution in [1.29, 1.82) is 0 Å². The Morgan fingerprint density at radius 3 is 1.86 bits per heavy atom. The Morgan fingerprint density at radius 1 is 0.864 bits per heavy atom. The lowest BCUT2D eigenvalue weighted by atomic mass is 10.1. The van der Waals surface area contributed by atoms with E-state index in [1.54, 1.807) is 13.8 Å². The van der Waals surface area contributed by atoms with Gasteiger partial charge in [-0.2, -0.15) is 0 Å². The number of carbonyl (C=O) groups excluding carboxylic acids is 2. The number of hydrogen-bond acceptors (Lipinski definition) is 4. The molecule has 0 unspecified atom stereocenters. The second kappa shape index (κ2) is 13.6. The van der Waals surface area contributed by atoms with Crippen molar-refractivity contribution in [1.82, 2.24) is 0 Å². The van der Waals surface area contributed by atoms with Crippen molar-refractivity contribution in [2.24, 2.45) is 5.92 Å². The molecule has 0 aromatic heterocycles. The van der Waals surface area contributed by atoms with Gasteiger partial charge in [0.15, 0.2) is 0 Å². The van der Waals surface area contributed by atoms with Gasteiger partial charge in [0.1, 0.15) is 6.10 Å². The quantitative estimate of drug-likeness (QED) is 0.367. The van der Waals surface area contributed by atoms with Crippen molar-refractivity contribution in [3.05, 3.63) is 0 Å². The third-order valence-corrected chi connectivity index (χ3v) is 4.08. The molecule has 0 aromatic rings. The summed E-state index contributed by atoms with van der Waals surface area (Å²) in [4.78, 5) is 23.0. The standard InChI is InChI=1S/C18H34O4/c1-5-6-7-8-9-10-11-12-13-14-17(19)22-16(3)15(2)18(20)21-4/h15-16H,5-14H2,1-4H3/t15-,16-/m1/s1. The van der Waals surface area contributed by atoms with Crippen LogP contribution in [0.2, 0.25) is 0 Å². The van der Waals surface area contributed by atoms with Crippen molar-refractivity contribution in [2.45, 2.75) is 91.1 Å². The van der Waals surface area contributed by atoms with E-state index >= 15 is 0 Å². The van der Waals surface area contributed by atoms with Crippen molar-refractivity contribution in [3.63, 3.8) is 0 Å².